The minimum atomic E-state index is -3.04. The zero-order valence-electron chi connectivity index (χ0n) is 16.6. The topological polar surface area (TPSA) is 59.4 Å². The van der Waals surface area contributed by atoms with Gasteiger partial charge in [0.1, 0.15) is 6.54 Å². The standard InChI is InChI=1S/C23H26N2O3S/c1-2-13-24(20-12-14-29(27,28)17-20)23(26)16-25-21-11-7-6-10-19(21)15-22(25)18-8-4-3-5-9-18/h3-11,15,20H,2,12-14,16-17H2,1H3. The Morgan fingerprint density at radius 3 is 2.52 bits per heavy atom. The molecule has 6 heteroatoms. The first-order valence-electron chi connectivity index (χ1n) is 10.1. The van der Waals surface area contributed by atoms with Crippen molar-refractivity contribution in [2.75, 3.05) is 18.1 Å². The van der Waals surface area contributed by atoms with E-state index in [-0.39, 0.29) is 30.0 Å². The minimum Gasteiger partial charge on any atom is -0.337 e. The van der Waals surface area contributed by atoms with Crippen LogP contribution in [0.4, 0.5) is 0 Å². The average molecular weight is 411 g/mol. The van der Waals surface area contributed by atoms with Crippen molar-refractivity contribution >= 4 is 26.6 Å². The normalized spacial score (nSPS) is 18.2. The Labute approximate surface area is 171 Å². The summed E-state index contributed by atoms with van der Waals surface area (Å²) in [5, 5.41) is 1.09. The third-order valence-corrected chi connectivity index (χ3v) is 7.36. The molecule has 1 saturated heterocycles. The SMILES string of the molecule is CCCN(C(=O)Cn1c(-c2ccccc2)cc2ccccc21)C1CCS(=O)(=O)C1. The largest absolute Gasteiger partial charge is 0.337 e. The summed E-state index contributed by atoms with van der Waals surface area (Å²) in [5.74, 6) is 0.233. The number of carbonyl (C=O) groups is 1. The van der Waals surface area contributed by atoms with Crippen LogP contribution in [0.3, 0.4) is 0 Å². The Morgan fingerprint density at radius 1 is 1.10 bits per heavy atom. The number of hydrogen-bond acceptors (Lipinski definition) is 3. The summed E-state index contributed by atoms with van der Waals surface area (Å²) in [4.78, 5) is 15.1. The van der Waals surface area contributed by atoms with Gasteiger partial charge in [-0.15, -0.1) is 0 Å². The zero-order chi connectivity index (χ0) is 20.4. The second-order valence-corrected chi connectivity index (χ2v) is 9.91. The molecule has 4 rings (SSSR count). The molecule has 1 aliphatic heterocycles. The second-order valence-electron chi connectivity index (χ2n) is 7.68. The van der Waals surface area contributed by atoms with Crippen molar-refractivity contribution in [3.05, 3.63) is 60.7 Å². The Morgan fingerprint density at radius 2 is 1.83 bits per heavy atom. The fourth-order valence-electron chi connectivity index (χ4n) is 4.23. The molecule has 1 fully saturated rings. The van der Waals surface area contributed by atoms with Gasteiger partial charge < -0.3 is 9.47 Å². The molecule has 152 valence electrons. The molecular formula is C23H26N2O3S. The van der Waals surface area contributed by atoms with E-state index in [2.05, 4.69) is 16.7 Å². The number of nitrogens with zero attached hydrogens (tertiary/aromatic N) is 2. The third kappa shape index (κ3) is 4.08. The van der Waals surface area contributed by atoms with Crippen molar-refractivity contribution in [2.24, 2.45) is 0 Å². The first-order chi connectivity index (χ1) is 14.0. The van der Waals surface area contributed by atoms with Crippen LogP contribution in [0, 0.1) is 0 Å². The Kier molecular flexibility index (Phi) is 5.46. The summed E-state index contributed by atoms with van der Waals surface area (Å²) in [7, 11) is -3.04. The van der Waals surface area contributed by atoms with Gasteiger partial charge in [-0.25, -0.2) is 8.42 Å². The Bertz CT molecular complexity index is 1120. The molecule has 0 radical (unpaired) electrons. The highest BCUT2D eigenvalue weighted by Crippen LogP contribution is 2.29. The van der Waals surface area contributed by atoms with E-state index < -0.39 is 9.84 Å². The molecule has 1 unspecified atom stereocenters. The number of aromatic nitrogens is 1. The Balaban J connectivity index is 1.70. The highest BCUT2D eigenvalue weighted by atomic mass is 32.2. The van der Waals surface area contributed by atoms with Crippen LogP contribution in [0.15, 0.2) is 60.7 Å². The van der Waals surface area contributed by atoms with Crippen molar-refractivity contribution in [1.82, 2.24) is 9.47 Å². The van der Waals surface area contributed by atoms with Gasteiger partial charge in [0.2, 0.25) is 5.91 Å². The van der Waals surface area contributed by atoms with Crippen LogP contribution in [-0.4, -0.2) is 47.9 Å². The smallest absolute Gasteiger partial charge is 0.242 e. The van der Waals surface area contributed by atoms with Crippen molar-refractivity contribution in [2.45, 2.75) is 32.4 Å². The first-order valence-corrected chi connectivity index (χ1v) is 11.9. The fraction of sp³-hybridized carbons (Fsp3) is 0.348. The van der Waals surface area contributed by atoms with Gasteiger partial charge in [0, 0.05) is 29.2 Å². The van der Waals surface area contributed by atoms with Crippen LogP contribution in [0.25, 0.3) is 22.2 Å². The summed E-state index contributed by atoms with van der Waals surface area (Å²) in [6, 6.07) is 20.0. The zero-order valence-corrected chi connectivity index (χ0v) is 17.4. The number of amides is 1. The van der Waals surface area contributed by atoms with Crippen LogP contribution >= 0.6 is 0 Å². The highest BCUT2D eigenvalue weighted by Gasteiger charge is 2.34. The monoisotopic (exact) mass is 410 g/mol. The lowest BCUT2D eigenvalue weighted by molar-refractivity contribution is -0.133. The van der Waals surface area contributed by atoms with E-state index in [1.165, 1.54) is 0 Å². The summed E-state index contributed by atoms with van der Waals surface area (Å²) < 4.78 is 26.0. The lowest BCUT2D eigenvalue weighted by Crippen LogP contribution is -2.43. The summed E-state index contributed by atoms with van der Waals surface area (Å²) in [5.41, 5.74) is 3.06. The maximum atomic E-state index is 13.3. The lowest BCUT2D eigenvalue weighted by atomic mass is 10.1. The fourth-order valence-corrected chi connectivity index (χ4v) is 5.96. The molecule has 2 heterocycles. The van der Waals surface area contributed by atoms with Gasteiger partial charge in [0.25, 0.3) is 0 Å². The quantitative estimate of drug-likeness (QED) is 0.622. The van der Waals surface area contributed by atoms with E-state index in [0.717, 1.165) is 28.6 Å². The van der Waals surface area contributed by atoms with Crippen LogP contribution in [0.5, 0.6) is 0 Å². The van der Waals surface area contributed by atoms with E-state index in [0.29, 0.717) is 13.0 Å². The molecule has 1 atom stereocenters. The molecule has 0 bridgehead atoms. The van der Waals surface area contributed by atoms with Gasteiger partial charge in [-0.2, -0.15) is 0 Å². The van der Waals surface area contributed by atoms with Crippen LogP contribution < -0.4 is 0 Å². The Hall–Kier alpha value is -2.60. The highest BCUT2D eigenvalue weighted by molar-refractivity contribution is 7.91. The van der Waals surface area contributed by atoms with E-state index in [9.17, 15) is 13.2 Å². The maximum Gasteiger partial charge on any atom is 0.242 e. The van der Waals surface area contributed by atoms with E-state index >= 15 is 0 Å². The van der Waals surface area contributed by atoms with Crippen molar-refractivity contribution in [3.63, 3.8) is 0 Å². The van der Waals surface area contributed by atoms with Gasteiger partial charge in [-0.05, 0) is 30.5 Å². The predicted octanol–water partition coefficient (Wildman–Crippen LogP) is 3.73. The number of fused-ring (bicyclic) bond motifs is 1. The molecule has 1 amide bonds. The van der Waals surface area contributed by atoms with Gasteiger partial charge in [-0.3, -0.25) is 4.79 Å². The predicted molar refractivity (Wildman–Crippen MR) is 116 cm³/mol. The van der Waals surface area contributed by atoms with Gasteiger partial charge in [-0.1, -0.05) is 55.5 Å². The molecule has 1 aliphatic rings. The average Bonchev–Trinajstić information content (AvgIpc) is 3.27. The van der Waals surface area contributed by atoms with Gasteiger partial charge in [0.15, 0.2) is 9.84 Å². The van der Waals surface area contributed by atoms with E-state index in [1.54, 1.807) is 4.90 Å². The van der Waals surface area contributed by atoms with Crippen molar-refractivity contribution in [3.8, 4) is 11.3 Å². The molecule has 5 nitrogen and oxygen atoms in total. The lowest BCUT2D eigenvalue weighted by Gasteiger charge is -2.28. The number of para-hydroxylation sites is 1. The molecule has 0 saturated carbocycles. The molecule has 0 aliphatic carbocycles. The maximum absolute atomic E-state index is 13.3. The molecule has 0 N–H and O–H groups in total. The van der Waals surface area contributed by atoms with Crippen molar-refractivity contribution in [1.29, 1.82) is 0 Å². The molecule has 1 aromatic heterocycles. The molecule has 3 aromatic rings. The summed E-state index contributed by atoms with van der Waals surface area (Å²) >= 11 is 0. The number of benzene rings is 2. The van der Waals surface area contributed by atoms with Crippen LogP contribution in [0.2, 0.25) is 0 Å². The van der Waals surface area contributed by atoms with Gasteiger partial charge >= 0.3 is 0 Å². The third-order valence-electron chi connectivity index (χ3n) is 5.61. The minimum absolute atomic E-state index is 0.0208. The second kappa shape index (κ2) is 8.03. The number of rotatable bonds is 6. The number of hydrogen-bond donors (Lipinski definition) is 0. The summed E-state index contributed by atoms with van der Waals surface area (Å²) in [6.45, 7) is 2.80. The molecule has 29 heavy (non-hydrogen) atoms. The van der Waals surface area contributed by atoms with E-state index in [4.69, 9.17) is 0 Å². The first kappa shape index (κ1) is 19.7. The van der Waals surface area contributed by atoms with Crippen LogP contribution in [0.1, 0.15) is 19.8 Å². The van der Waals surface area contributed by atoms with E-state index in [1.807, 2.05) is 55.5 Å². The molecule has 0 spiro atoms. The summed E-state index contributed by atoms with van der Waals surface area (Å²) in [6.07, 6.45) is 1.34. The van der Waals surface area contributed by atoms with Gasteiger partial charge in [0.05, 0.1) is 11.5 Å². The number of sulfone groups is 1. The van der Waals surface area contributed by atoms with Crippen molar-refractivity contribution < 1.29 is 13.2 Å². The number of carbonyl (C=O) groups excluding carboxylic acids is 1. The molecule has 2 aromatic carbocycles. The molecular weight excluding hydrogens is 384 g/mol. The van der Waals surface area contributed by atoms with Crippen LogP contribution in [-0.2, 0) is 21.2 Å².